The van der Waals surface area contributed by atoms with Crippen LogP contribution in [0.15, 0.2) is 46.1 Å². The molecule has 1 aliphatic heterocycles. The highest BCUT2D eigenvalue weighted by Crippen LogP contribution is 2.25. The Morgan fingerprint density at radius 1 is 1.20 bits per heavy atom. The van der Waals surface area contributed by atoms with E-state index in [4.69, 9.17) is 11.6 Å². The van der Waals surface area contributed by atoms with Crippen LogP contribution in [-0.4, -0.2) is 55.0 Å². The van der Waals surface area contributed by atoms with Gasteiger partial charge >= 0.3 is 5.69 Å². The summed E-state index contributed by atoms with van der Waals surface area (Å²) in [7, 11) is 0. The first-order valence-corrected chi connectivity index (χ1v) is 11.1. The monoisotopic (exact) mass is 498 g/mol. The summed E-state index contributed by atoms with van der Waals surface area (Å²) in [5, 5.41) is 3.55. The number of nitrogens with one attached hydrogen (secondary N) is 3. The largest absolute Gasteiger partial charge is 0.348 e. The van der Waals surface area contributed by atoms with Crippen molar-refractivity contribution in [2.45, 2.75) is 25.7 Å². The second-order valence-corrected chi connectivity index (χ2v) is 9.22. The quantitative estimate of drug-likeness (QED) is 0.385. The number of pyridine rings is 2. The van der Waals surface area contributed by atoms with E-state index >= 15 is 0 Å². The summed E-state index contributed by atoms with van der Waals surface area (Å²) in [6, 6.07) is 8.19. The number of aromatic nitrogens is 4. The molecule has 4 aromatic rings. The molecule has 5 rings (SSSR count). The SMILES string of the molecule is CC1(F)CN(C(=O)Cn2c(=O)c(C(=O)NCc3ccc(Cl)cc3)cc3c4[nH]c(=O)[nH]c4cnc32)C1. The van der Waals surface area contributed by atoms with Gasteiger partial charge in [-0.3, -0.25) is 19.0 Å². The molecule has 0 atom stereocenters. The number of aromatic amines is 2. The Kier molecular flexibility index (Phi) is 5.43. The average Bonchev–Trinajstić information content (AvgIpc) is 3.18. The van der Waals surface area contributed by atoms with Crippen molar-refractivity contribution in [2.24, 2.45) is 0 Å². The number of alkyl halides is 1. The summed E-state index contributed by atoms with van der Waals surface area (Å²) in [5.41, 5.74) is -1.31. The van der Waals surface area contributed by atoms with Crippen LogP contribution in [0.5, 0.6) is 0 Å². The van der Waals surface area contributed by atoms with Gasteiger partial charge in [0.2, 0.25) is 5.91 Å². The number of halogens is 2. The first kappa shape index (κ1) is 22.8. The van der Waals surface area contributed by atoms with Crippen LogP contribution in [0, 0.1) is 0 Å². The highest BCUT2D eigenvalue weighted by Gasteiger charge is 2.41. The van der Waals surface area contributed by atoms with E-state index in [0.29, 0.717) is 21.4 Å². The summed E-state index contributed by atoms with van der Waals surface area (Å²) >= 11 is 5.89. The van der Waals surface area contributed by atoms with E-state index in [1.54, 1.807) is 24.3 Å². The van der Waals surface area contributed by atoms with Gasteiger partial charge in [0.1, 0.15) is 23.4 Å². The van der Waals surface area contributed by atoms with Gasteiger partial charge in [-0.05, 0) is 30.7 Å². The first-order chi connectivity index (χ1) is 16.6. The summed E-state index contributed by atoms with van der Waals surface area (Å²) in [6.45, 7) is 0.936. The standard InChI is InChI=1S/C23H20ClFN6O4/c1-23(25)10-30(11-23)17(32)9-31-19-14(18-16(8-26-19)28-22(35)29-18)6-15(21(31)34)20(33)27-7-12-2-4-13(24)5-3-12/h2-6,8H,7,9-11H2,1H3,(H,27,33)(H2,28,29,35). The van der Waals surface area contributed by atoms with Crippen molar-refractivity contribution in [2.75, 3.05) is 13.1 Å². The number of carbonyl (C=O) groups excluding carboxylic acids is 2. The Hall–Kier alpha value is -3.99. The van der Waals surface area contributed by atoms with E-state index in [-0.39, 0.29) is 30.8 Å². The molecule has 12 heteroatoms. The molecule has 0 radical (unpaired) electrons. The number of nitrogens with zero attached hydrogens (tertiary/aromatic N) is 3. The smallest absolute Gasteiger partial charge is 0.323 e. The molecule has 3 N–H and O–H groups in total. The highest BCUT2D eigenvalue weighted by molar-refractivity contribution is 6.30. The third-order valence-corrected chi connectivity index (χ3v) is 6.15. The molecule has 180 valence electrons. The van der Waals surface area contributed by atoms with Gasteiger partial charge in [0, 0.05) is 17.0 Å². The van der Waals surface area contributed by atoms with Gasteiger partial charge in [-0.15, -0.1) is 0 Å². The van der Waals surface area contributed by atoms with Crippen molar-refractivity contribution < 1.29 is 14.0 Å². The predicted molar refractivity (Wildman–Crippen MR) is 127 cm³/mol. The van der Waals surface area contributed by atoms with Gasteiger partial charge in [-0.25, -0.2) is 14.2 Å². The molecule has 1 fully saturated rings. The molecular formula is C23H20ClFN6O4. The molecule has 2 amide bonds. The van der Waals surface area contributed by atoms with Crippen LogP contribution < -0.4 is 16.6 Å². The van der Waals surface area contributed by atoms with Crippen molar-refractivity contribution in [1.82, 2.24) is 29.7 Å². The van der Waals surface area contributed by atoms with Gasteiger partial charge in [0.05, 0.1) is 30.3 Å². The third-order valence-electron chi connectivity index (χ3n) is 5.90. The number of rotatable bonds is 5. The lowest BCUT2D eigenvalue weighted by atomic mass is 9.99. The lowest BCUT2D eigenvalue weighted by Crippen LogP contribution is -2.60. The number of imidazole rings is 1. The summed E-state index contributed by atoms with van der Waals surface area (Å²) in [5.74, 6) is -1.14. The molecule has 10 nitrogen and oxygen atoms in total. The van der Waals surface area contributed by atoms with Crippen LogP contribution in [-0.2, 0) is 17.9 Å². The molecule has 1 aliphatic rings. The van der Waals surface area contributed by atoms with Gasteiger partial charge in [-0.2, -0.15) is 0 Å². The zero-order valence-corrected chi connectivity index (χ0v) is 19.3. The van der Waals surface area contributed by atoms with Crippen molar-refractivity contribution in [1.29, 1.82) is 0 Å². The lowest BCUT2D eigenvalue weighted by Gasteiger charge is -2.42. The number of carbonyl (C=O) groups is 2. The highest BCUT2D eigenvalue weighted by atomic mass is 35.5. The van der Waals surface area contributed by atoms with Crippen molar-refractivity contribution in [3.05, 3.63) is 73.5 Å². The molecule has 0 aliphatic carbocycles. The molecule has 4 heterocycles. The second-order valence-electron chi connectivity index (χ2n) is 8.78. The molecule has 0 bridgehead atoms. The van der Waals surface area contributed by atoms with E-state index in [9.17, 15) is 23.6 Å². The summed E-state index contributed by atoms with van der Waals surface area (Å²) in [6.07, 6.45) is 1.36. The number of H-pyrrole nitrogens is 2. The fourth-order valence-electron chi connectivity index (χ4n) is 4.16. The second kappa shape index (κ2) is 8.35. The van der Waals surface area contributed by atoms with E-state index in [1.165, 1.54) is 24.1 Å². The van der Waals surface area contributed by atoms with Gasteiger partial charge < -0.3 is 20.2 Å². The molecule has 1 aromatic carbocycles. The molecule has 0 saturated carbocycles. The zero-order valence-electron chi connectivity index (χ0n) is 18.5. The molecule has 1 saturated heterocycles. The third kappa shape index (κ3) is 4.30. The maximum absolute atomic E-state index is 13.9. The van der Waals surface area contributed by atoms with Crippen LogP contribution in [0.25, 0.3) is 22.1 Å². The predicted octanol–water partition coefficient (Wildman–Crippen LogP) is 1.72. The molecule has 35 heavy (non-hydrogen) atoms. The topological polar surface area (TPSA) is 133 Å². The summed E-state index contributed by atoms with van der Waals surface area (Å²) in [4.78, 5) is 61.7. The molecular weight excluding hydrogens is 479 g/mol. The minimum absolute atomic E-state index is 0.0808. The van der Waals surface area contributed by atoms with Gasteiger partial charge in [0.25, 0.3) is 11.5 Å². The maximum Gasteiger partial charge on any atom is 0.323 e. The van der Waals surface area contributed by atoms with Crippen LogP contribution in [0.3, 0.4) is 0 Å². The normalized spacial score (nSPS) is 14.8. The van der Waals surface area contributed by atoms with E-state index in [2.05, 4.69) is 20.3 Å². The molecule has 0 spiro atoms. The number of benzene rings is 1. The lowest BCUT2D eigenvalue weighted by molar-refractivity contribution is -0.144. The van der Waals surface area contributed by atoms with E-state index in [1.807, 2.05) is 0 Å². The Morgan fingerprint density at radius 3 is 2.60 bits per heavy atom. The Bertz CT molecular complexity index is 1600. The molecule has 3 aromatic heterocycles. The number of fused-ring (bicyclic) bond motifs is 3. The number of hydrogen-bond donors (Lipinski definition) is 3. The Labute approximate surface area is 201 Å². The van der Waals surface area contributed by atoms with E-state index < -0.39 is 35.3 Å². The van der Waals surface area contributed by atoms with Crippen molar-refractivity contribution >= 4 is 45.5 Å². The fraction of sp³-hybridized carbons (Fsp3) is 0.261. The Balaban J connectivity index is 1.55. The van der Waals surface area contributed by atoms with Crippen LogP contribution in [0.2, 0.25) is 5.02 Å². The van der Waals surface area contributed by atoms with Gasteiger partial charge in [0.15, 0.2) is 0 Å². The zero-order chi connectivity index (χ0) is 24.9. The number of likely N-dealkylation sites (tertiary alicyclic amines) is 1. The van der Waals surface area contributed by atoms with Crippen LogP contribution in [0.1, 0.15) is 22.8 Å². The summed E-state index contributed by atoms with van der Waals surface area (Å²) < 4.78 is 15.0. The number of amides is 2. The maximum atomic E-state index is 13.9. The fourth-order valence-corrected chi connectivity index (χ4v) is 4.29. The minimum atomic E-state index is -1.47. The first-order valence-electron chi connectivity index (χ1n) is 10.8. The molecule has 0 unspecified atom stereocenters. The average molecular weight is 499 g/mol. The van der Waals surface area contributed by atoms with Crippen molar-refractivity contribution in [3.63, 3.8) is 0 Å². The van der Waals surface area contributed by atoms with Crippen molar-refractivity contribution in [3.8, 4) is 0 Å². The van der Waals surface area contributed by atoms with Crippen LogP contribution in [0.4, 0.5) is 4.39 Å². The Morgan fingerprint density at radius 2 is 1.91 bits per heavy atom. The van der Waals surface area contributed by atoms with E-state index in [0.717, 1.165) is 10.1 Å². The van der Waals surface area contributed by atoms with Gasteiger partial charge in [-0.1, -0.05) is 23.7 Å². The number of hydrogen-bond acceptors (Lipinski definition) is 5. The minimum Gasteiger partial charge on any atom is -0.348 e. The van der Waals surface area contributed by atoms with Crippen LogP contribution >= 0.6 is 11.6 Å².